The Bertz CT molecular complexity index is 588. The highest BCUT2D eigenvalue weighted by atomic mass is 79.9. The van der Waals surface area contributed by atoms with Gasteiger partial charge in [0.05, 0.1) is 11.1 Å². The van der Waals surface area contributed by atoms with Crippen LogP contribution >= 0.6 is 15.9 Å². The number of hydrogen-bond donors (Lipinski definition) is 0. The lowest BCUT2D eigenvalue weighted by atomic mass is 9.79. The van der Waals surface area contributed by atoms with Crippen molar-refractivity contribution in [1.29, 1.82) is 0 Å². The van der Waals surface area contributed by atoms with Crippen molar-refractivity contribution in [3.05, 3.63) is 28.2 Å². The van der Waals surface area contributed by atoms with E-state index in [2.05, 4.69) is 15.9 Å². The zero-order valence-electron chi connectivity index (χ0n) is 12.3. The Kier molecular flexibility index (Phi) is 3.91. The third-order valence-corrected chi connectivity index (χ3v) is 5.47. The molecule has 1 heterocycles. The molecular weight excluding hydrogens is 330 g/mol. The summed E-state index contributed by atoms with van der Waals surface area (Å²) >= 11 is 3.48. The van der Waals surface area contributed by atoms with E-state index in [0.717, 1.165) is 35.7 Å². The molecule has 1 aliphatic carbocycles. The Labute approximate surface area is 133 Å². The molecule has 0 bridgehead atoms. The second-order valence-corrected chi connectivity index (χ2v) is 7.21. The van der Waals surface area contributed by atoms with Gasteiger partial charge in [-0.1, -0.05) is 31.7 Å². The molecule has 3 rings (SSSR count). The first-order valence-corrected chi connectivity index (χ1v) is 8.46. The third-order valence-electron chi connectivity index (χ3n) is 4.80. The predicted molar refractivity (Wildman–Crippen MR) is 86.1 cm³/mol. The molecule has 2 amide bonds. The third kappa shape index (κ3) is 2.54. The van der Waals surface area contributed by atoms with Gasteiger partial charge in [0.1, 0.15) is 0 Å². The molecule has 1 aliphatic heterocycles. The Morgan fingerprint density at radius 2 is 1.76 bits per heavy atom. The van der Waals surface area contributed by atoms with Gasteiger partial charge in [0.15, 0.2) is 0 Å². The second kappa shape index (κ2) is 5.56. The molecule has 4 heteroatoms. The highest BCUT2D eigenvalue weighted by Gasteiger charge is 2.51. The van der Waals surface area contributed by atoms with Crippen molar-refractivity contribution < 1.29 is 9.59 Å². The van der Waals surface area contributed by atoms with Gasteiger partial charge in [-0.15, -0.1) is 0 Å². The summed E-state index contributed by atoms with van der Waals surface area (Å²) in [5.74, 6) is -0.0334. The molecule has 0 radical (unpaired) electrons. The normalized spacial score (nSPS) is 21.9. The highest BCUT2D eigenvalue weighted by Crippen LogP contribution is 2.46. The molecule has 0 N–H and O–H groups in total. The number of rotatable bonds is 1. The number of anilines is 1. The molecule has 0 atom stereocenters. The van der Waals surface area contributed by atoms with Gasteiger partial charge in [-0.2, -0.15) is 0 Å². The van der Waals surface area contributed by atoms with Crippen molar-refractivity contribution in [1.82, 2.24) is 0 Å². The van der Waals surface area contributed by atoms with Gasteiger partial charge in [-0.25, -0.2) is 4.90 Å². The van der Waals surface area contributed by atoms with Crippen LogP contribution in [0, 0.1) is 12.3 Å². The van der Waals surface area contributed by atoms with Crippen molar-refractivity contribution in [3.63, 3.8) is 0 Å². The summed E-state index contributed by atoms with van der Waals surface area (Å²) in [4.78, 5) is 26.9. The second-order valence-electron chi connectivity index (χ2n) is 6.36. The first-order chi connectivity index (χ1) is 10.0. The van der Waals surface area contributed by atoms with Crippen LogP contribution in [0.1, 0.15) is 50.5 Å². The van der Waals surface area contributed by atoms with Gasteiger partial charge in [0.2, 0.25) is 11.8 Å². The molecule has 1 saturated carbocycles. The SMILES string of the molecule is Cc1ccc(Br)c(N2C(=O)CC3(CCCCCC3)C2=O)c1. The molecule has 1 aromatic rings. The number of nitrogens with zero attached hydrogens (tertiary/aromatic N) is 1. The zero-order chi connectivity index (χ0) is 15.0. The summed E-state index contributed by atoms with van der Waals surface area (Å²) in [6.07, 6.45) is 6.57. The van der Waals surface area contributed by atoms with Gasteiger partial charge in [0.25, 0.3) is 0 Å². The van der Waals surface area contributed by atoms with E-state index in [1.807, 2.05) is 25.1 Å². The number of benzene rings is 1. The van der Waals surface area contributed by atoms with Gasteiger partial charge in [-0.3, -0.25) is 9.59 Å². The van der Waals surface area contributed by atoms with Crippen LogP contribution in [0.2, 0.25) is 0 Å². The molecule has 2 aliphatic rings. The van der Waals surface area contributed by atoms with Gasteiger partial charge >= 0.3 is 0 Å². The maximum absolute atomic E-state index is 13.0. The Morgan fingerprint density at radius 3 is 2.43 bits per heavy atom. The van der Waals surface area contributed by atoms with Gasteiger partial charge in [-0.05, 0) is 53.4 Å². The van der Waals surface area contributed by atoms with Crippen LogP contribution in [0.15, 0.2) is 22.7 Å². The summed E-state index contributed by atoms with van der Waals surface area (Å²) in [6, 6.07) is 5.79. The van der Waals surface area contributed by atoms with Crippen LogP contribution in [0.4, 0.5) is 5.69 Å². The Balaban J connectivity index is 1.99. The summed E-state index contributed by atoms with van der Waals surface area (Å²) < 4.78 is 0.806. The van der Waals surface area contributed by atoms with Crippen molar-refractivity contribution in [3.8, 4) is 0 Å². The van der Waals surface area contributed by atoms with E-state index in [0.29, 0.717) is 12.1 Å². The first-order valence-electron chi connectivity index (χ1n) is 7.67. The minimum atomic E-state index is -0.434. The van der Waals surface area contributed by atoms with E-state index in [-0.39, 0.29) is 11.8 Å². The summed E-state index contributed by atoms with van der Waals surface area (Å²) in [7, 11) is 0. The van der Waals surface area contributed by atoms with Crippen LogP contribution in [0.3, 0.4) is 0 Å². The predicted octanol–water partition coefficient (Wildman–Crippen LogP) is 4.36. The van der Waals surface area contributed by atoms with Crippen LogP contribution in [0.5, 0.6) is 0 Å². The zero-order valence-corrected chi connectivity index (χ0v) is 13.9. The molecule has 1 saturated heterocycles. The Morgan fingerprint density at radius 1 is 1.10 bits per heavy atom. The fraction of sp³-hybridized carbons (Fsp3) is 0.529. The largest absolute Gasteiger partial charge is 0.274 e. The number of amides is 2. The van der Waals surface area contributed by atoms with Gasteiger partial charge < -0.3 is 0 Å². The van der Waals surface area contributed by atoms with Crippen LogP contribution in [-0.2, 0) is 9.59 Å². The molecule has 1 aromatic carbocycles. The smallest absolute Gasteiger partial charge is 0.240 e. The van der Waals surface area contributed by atoms with E-state index < -0.39 is 5.41 Å². The minimum absolute atomic E-state index is 0.0145. The van der Waals surface area contributed by atoms with Gasteiger partial charge in [0, 0.05) is 10.9 Å². The standard InChI is InChI=1S/C17H20BrNO2/c1-12-6-7-13(18)14(10-12)19-15(20)11-17(16(19)21)8-4-2-3-5-9-17/h6-7,10H,2-5,8-9,11H2,1H3. The molecular formula is C17H20BrNO2. The Hall–Kier alpha value is -1.16. The molecule has 0 unspecified atom stereocenters. The number of hydrogen-bond acceptors (Lipinski definition) is 2. The van der Waals surface area contributed by atoms with Crippen molar-refractivity contribution >= 4 is 33.4 Å². The van der Waals surface area contributed by atoms with Crippen molar-refractivity contribution in [2.75, 3.05) is 4.90 Å². The number of carbonyl (C=O) groups excluding carboxylic acids is 2. The maximum atomic E-state index is 13.0. The maximum Gasteiger partial charge on any atom is 0.240 e. The fourth-order valence-electron chi connectivity index (χ4n) is 3.63. The monoisotopic (exact) mass is 349 g/mol. The average Bonchev–Trinajstić information content (AvgIpc) is 2.61. The van der Waals surface area contributed by atoms with Crippen LogP contribution in [-0.4, -0.2) is 11.8 Å². The van der Waals surface area contributed by atoms with Crippen LogP contribution < -0.4 is 4.90 Å². The lowest BCUT2D eigenvalue weighted by Gasteiger charge is -2.25. The van der Waals surface area contributed by atoms with E-state index in [4.69, 9.17) is 0 Å². The summed E-state index contributed by atoms with van der Waals surface area (Å²) in [5.41, 5.74) is 1.32. The number of carbonyl (C=O) groups is 2. The fourth-order valence-corrected chi connectivity index (χ4v) is 4.05. The molecule has 21 heavy (non-hydrogen) atoms. The van der Waals surface area contributed by atoms with E-state index in [9.17, 15) is 9.59 Å². The molecule has 112 valence electrons. The average molecular weight is 350 g/mol. The van der Waals surface area contributed by atoms with E-state index >= 15 is 0 Å². The van der Waals surface area contributed by atoms with Crippen molar-refractivity contribution in [2.24, 2.45) is 5.41 Å². The minimum Gasteiger partial charge on any atom is -0.274 e. The van der Waals surface area contributed by atoms with Crippen molar-refractivity contribution in [2.45, 2.75) is 51.9 Å². The lowest BCUT2D eigenvalue weighted by Crippen LogP contribution is -2.35. The molecule has 0 aromatic heterocycles. The number of imide groups is 1. The van der Waals surface area contributed by atoms with Crippen LogP contribution in [0.25, 0.3) is 0 Å². The summed E-state index contributed by atoms with van der Waals surface area (Å²) in [6.45, 7) is 1.97. The number of halogens is 1. The molecule has 2 fully saturated rings. The first kappa shape index (κ1) is 14.8. The van der Waals surface area contributed by atoms with E-state index in [1.54, 1.807) is 0 Å². The summed E-state index contributed by atoms with van der Waals surface area (Å²) in [5, 5.41) is 0. The highest BCUT2D eigenvalue weighted by molar-refractivity contribution is 9.10. The topological polar surface area (TPSA) is 37.4 Å². The van der Waals surface area contributed by atoms with E-state index in [1.165, 1.54) is 17.7 Å². The number of aryl methyl sites for hydroxylation is 1. The lowest BCUT2D eigenvalue weighted by molar-refractivity contribution is -0.126. The quantitative estimate of drug-likeness (QED) is 0.706. The molecule has 3 nitrogen and oxygen atoms in total. The molecule has 1 spiro atoms.